The summed E-state index contributed by atoms with van der Waals surface area (Å²) in [5.41, 5.74) is 1.13. The third-order valence-corrected chi connectivity index (χ3v) is 5.56. The second-order valence-electron chi connectivity index (χ2n) is 7.48. The summed E-state index contributed by atoms with van der Waals surface area (Å²) in [7, 11) is 0. The molecule has 0 spiro atoms. The van der Waals surface area contributed by atoms with Gasteiger partial charge in [-0.25, -0.2) is 15.0 Å². The number of imidazole rings is 1. The average molecular weight is 390 g/mol. The topological polar surface area (TPSA) is 75.9 Å². The van der Waals surface area contributed by atoms with E-state index >= 15 is 0 Å². The van der Waals surface area contributed by atoms with Gasteiger partial charge >= 0.3 is 0 Å². The Bertz CT molecular complexity index is 962. The highest BCUT2D eigenvalue weighted by molar-refractivity contribution is 5.79. The van der Waals surface area contributed by atoms with E-state index < -0.39 is 0 Å². The highest BCUT2D eigenvalue weighted by atomic mass is 16.1. The first kappa shape index (κ1) is 19.1. The minimum absolute atomic E-state index is 0.0181. The van der Waals surface area contributed by atoms with E-state index in [0.29, 0.717) is 0 Å². The van der Waals surface area contributed by atoms with Gasteiger partial charge < -0.3 is 10.2 Å². The third-order valence-electron chi connectivity index (χ3n) is 5.56. The van der Waals surface area contributed by atoms with E-state index in [9.17, 15) is 4.79 Å². The van der Waals surface area contributed by atoms with Gasteiger partial charge in [-0.2, -0.15) is 0 Å². The molecule has 1 amide bonds. The fraction of sp³-hybridized carbons (Fsp3) is 0.364. The number of carbonyl (C=O) groups is 1. The molecule has 4 rings (SSSR count). The van der Waals surface area contributed by atoms with Crippen LogP contribution in [0.25, 0.3) is 5.82 Å². The number of hydrogen-bond donors (Lipinski definition) is 1. The zero-order chi connectivity index (χ0) is 20.2. The molecular formula is C22H26N6O. The highest BCUT2D eigenvalue weighted by Crippen LogP contribution is 2.24. The molecule has 0 aliphatic carbocycles. The van der Waals surface area contributed by atoms with Crippen LogP contribution >= 0.6 is 0 Å². The zero-order valence-corrected chi connectivity index (χ0v) is 16.8. The van der Waals surface area contributed by atoms with Gasteiger partial charge in [0.2, 0.25) is 5.91 Å². The Morgan fingerprint density at radius 3 is 2.52 bits per heavy atom. The highest BCUT2D eigenvalue weighted by Gasteiger charge is 2.26. The number of nitrogens with one attached hydrogen (secondary N) is 1. The number of benzene rings is 1. The molecule has 150 valence electrons. The monoisotopic (exact) mass is 390 g/mol. The Balaban J connectivity index is 1.36. The number of aryl methyl sites for hydroxylation is 1. The molecule has 1 unspecified atom stereocenters. The van der Waals surface area contributed by atoms with Crippen LogP contribution in [0.3, 0.4) is 0 Å². The van der Waals surface area contributed by atoms with Crippen LogP contribution in [0.1, 0.15) is 37.2 Å². The molecule has 1 fully saturated rings. The lowest BCUT2D eigenvalue weighted by atomic mass is 9.95. The van der Waals surface area contributed by atoms with Gasteiger partial charge in [-0.15, -0.1) is 0 Å². The zero-order valence-electron chi connectivity index (χ0n) is 16.8. The van der Waals surface area contributed by atoms with Crippen molar-refractivity contribution in [2.24, 2.45) is 5.92 Å². The number of amides is 1. The standard InChI is InChI=1S/C22H26N6O/c1-16(18-6-4-3-5-7-18)26-22(29)19-8-11-27(12-9-19)20-14-21(25-15-24-20)28-13-10-23-17(28)2/h3-7,10,13-16,19H,8-9,11-12H2,1-2H3,(H,26,29). The Labute approximate surface area is 170 Å². The van der Waals surface area contributed by atoms with E-state index in [-0.39, 0.29) is 17.9 Å². The Hall–Kier alpha value is -3.22. The van der Waals surface area contributed by atoms with Gasteiger partial charge in [-0.3, -0.25) is 9.36 Å². The fourth-order valence-electron chi connectivity index (χ4n) is 3.79. The molecule has 0 bridgehead atoms. The van der Waals surface area contributed by atoms with Crippen molar-refractivity contribution < 1.29 is 4.79 Å². The van der Waals surface area contributed by atoms with E-state index in [2.05, 4.69) is 25.2 Å². The van der Waals surface area contributed by atoms with Crippen LogP contribution in [-0.2, 0) is 4.79 Å². The molecule has 0 saturated carbocycles. The molecule has 1 atom stereocenters. The Morgan fingerprint density at radius 1 is 1.10 bits per heavy atom. The summed E-state index contributed by atoms with van der Waals surface area (Å²) in [5.74, 6) is 2.76. The van der Waals surface area contributed by atoms with Crippen molar-refractivity contribution in [3.63, 3.8) is 0 Å². The molecule has 3 aromatic rings. The lowest BCUT2D eigenvalue weighted by Gasteiger charge is -2.32. The molecule has 2 aromatic heterocycles. The van der Waals surface area contributed by atoms with Gasteiger partial charge in [0, 0.05) is 37.5 Å². The van der Waals surface area contributed by atoms with Crippen LogP contribution in [0.2, 0.25) is 0 Å². The fourth-order valence-corrected chi connectivity index (χ4v) is 3.79. The minimum atomic E-state index is 0.0181. The van der Waals surface area contributed by atoms with Crippen molar-refractivity contribution in [3.8, 4) is 5.82 Å². The van der Waals surface area contributed by atoms with Crippen molar-refractivity contribution >= 4 is 11.7 Å². The SMILES string of the molecule is Cc1nccn1-c1cc(N2CCC(C(=O)NC(C)c3ccccc3)CC2)ncn1. The first-order valence-electron chi connectivity index (χ1n) is 10.0. The van der Waals surface area contributed by atoms with Gasteiger partial charge in [-0.05, 0) is 32.3 Å². The van der Waals surface area contributed by atoms with Crippen LogP contribution in [0.15, 0.2) is 55.1 Å². The van der Waals surface area contributed by atoms with E-state index in [1.54, 1.807) is 12.5 Å². The molecule has 1 saturated heterocycles. The number of nitrogens with zero attached hydrogens (tertiary/aromatic N) is 5. The molecule has 7 heteroatoms. The summed E-state index contributed by atoms with van der Waals surface area (Å²) < 4.78 is 1.94. The third kappa shape index (κ3) is 4.29. The molecular weight excluding hydrogens is 364 g/mol. The van der Waals surface area contributed by atoms with E-state index in [1.165, 1.54) is 0 Å². The maximum Gasteiger partial charge on any atom is 0.223 e. The van der Waals surface area contributed by atoms with Crippen LogP contribution in [0, 0.1) is 12.8 Å². The summed E-state index contributed by atoms with van der Waals surface area (Å²) in [5, 5.41) is 3.16. The summed E-state index contributed by atoms with van der Waals surface area (Å²) in [6, 6.07) is 12.1. The van der Waals surface area contributed by atoms with Gasteiger partial charge in [0.1, 0.15) is 23.8 Å². The van der Waals surface area contributed by atoms with Crippen LogP contribution in [0.5, 0.6) is 0 Å². The predicted octanol–water partition coefficient (Wildman–Crippen LogP) is 3.06. The first-order chi connectivity index (χ1) is 14.1. The van der Waals surface area contributed by atoms with Gasteiger partial charge in [0.05, 0.1) is 6.04 Å². The first-order valence-corrected chi connectivity index (χ1v) is 10.0. The molecule has 1 aromatic carbocycles. The average Bonchev–Trinajstić information content (AvgIpc) is 3.20. The lowest BCUT2D eigenvalue weighted by Crippen LogP contribution is -2.41. The van der Waals surface area contributed by atoms with Gasteiger partial charge in [0.15, 0.2) is 0 Å². The van der Waals surface area contributed by atoms with Crippen molar-refractivity contribution in [2.45, 2.75) is 32.7 Å². The summed E-state index contributed by atoms with van der Waals surface area (Å²) in [6.07, 6.45) is 6.88. The molecule has 1 aliphatic heterocycles. The molecule has 1 N–H and O–H groups in total. The molecule has 29 heavy (non-hydrogen) atoms. The predicted molar refractivity (Wildman–Crippen MR) is 112 cm³/mol. The van der Waals surface area contributed by atoms with E-state index in [0.717, 1.165) is 49.0 Å². The molecule has 3 heterocycles. The summed E-state index contributed by atoms with van der Waals surface area (Å²) in [6.45, 7) is 5.58. The number of anilines is 1. The molecule has 7 nitrogen and oxygen atoms in total. The maximum absolute atomic E-state index is 12.7. The molecule has 0 radical (unpaired) electrons. The second kappa shape index (κ2) is 8.43. The quantitative estimate of drug-likeness (QED) is 0.725. The summed E-state index contributed by atoms with van der Waals surface area (Å²) in [4.78, 5) is 28.0. The van der Waals surface area contributed by atoms with Gasteiger partial charge in [0.25, 0.3) is 0 Å². The normalized spacial score (nSPS) is 15.9. The number of aromatic nitrogens is 4. The van der Waals surface area contributed by atoms with Crippen molar-refractivity contribution in [1.82, 2.24) is 24.8 Å². The Morgan fingerprint density at radius 2 is 1.83 bits per heavy atom. The maximum atomic E-state index is 12.7. The summed E-state index contributed by atoms with van der Waals surface area (Å²) >= 11 is 0. The van der Waals surface area contributed by atoms with Crippen LogP contribution in [-0.4, -0.2) is 38.5 Å². The van der Waals surface area contributed by atoms with Crippen LogP contribution in [0.4, 0.5) is 5.82 Å². The van der Waals surface area contributed by atoms with Crippen molar-refractivity contribution in [1.29, 1.82) is 0 Å². The smallest absolute Gasteiger partial charge is 0.223 e. The number of hydrogen-bond acceptors (Lipinski definition) is 5. The lowest BCUT2D eigenvalue weighted by molar-refractivity contribution is -0.126. The van der Waals surface area contributed by atoms with Crippen molar-refractivity contribution in [2.75, 3.05) is 18.0 Å². The number of carbonyl (C=O) groups excluding carboxylic acids is 1. The Kier molecular flexibility index (Phi) is 5.55. The van der Waals surface area contributed by atoms with E-state index in [4.69, 9.17) is 0 Å². The van der Waals surface area contributed by atoms with Gasteiger partial charge in [-0.1, -0.05) is 30.3 Å². The molecule has 1 aliphatic rings. The second-order valence-corrected chi connectivity index (χ2v) is 7.48. The minimum Gasteiger partial charge on any atom is -0.356 e. The van der Waals surface area contributed by atoms with Crippen molar-refractivity contribution in [3.05, 3.63) is 66.5 Å². The van der Waals surface area contributed by atoms with E-state index in [1.807, 2.05) is 61.0 Å². The van der Waals surface area contributed by atoms with Crippen LogP contribution < -0.4 is 10.2 Å². The number of rotatable bonds is 5. The number of piperidine rings is 1. The largest absolute Gasteiger partial charge is 0.356 e.